The van der Waals surface area contributed by atoms with Crippen LogP contribution in [-0.4, -0.2) is 52.4 Å². The van der Waals surface area contributed by atoms with E-state index < -0.39 is 41.1 Å². The molecule has 0 aliphatic heterocycles. The van der Waals surface area contributed by atoms with Crippen LogP contribution >= 0.6 is 0 Å². The number of hydrogen-bond donors (Lipinski definition) is 2. The topological polar surface area (TPSA) is 110 Å². The van der Waals surface area contributed by atoms with Gasteiger partial charge in [0.2, 0.25) is 0 Å². The van der Waals surface area contributed by atoms with E-state index >= 15 is 0 Å². The van der Waals surface area contributed by atoms with Gasteiger partial charge in [-0.3, -0.25) is 4.79 Å². The third-order valence-electron chi connectivity index (χ3n) is 9.82. The SMILES string of the molecule is C/C=C(/C)C(=O)OCC1=C[C@@H]2C(=O)[C@]3(C=C(C)[C@H](OC(=O)/C(C)=C\C)[C@@]3(O)[C@@H]1O)[C@H](C)C[C@@H]1C2C1(C)C. The van der Waals surface area contributed by atoms with Crippen LogP contribution in [0, 0.1) is 34.5 Å². The van der Waals surface area contributed by atoms with Crippen molar-refractivity contribution in [2.75, 3.05) is 6.61 Å². The van der Waals surface area contributed by atoms with Crippen LogP contribution in [0.25, 0.3) is 0 Å². The summed E-state index contributed by atoms with van der Waals surface area (Å²) in [5, 5.41) is 24.4. The van der Waals surface area contributed by atoms with Gasteiger partial charge in [-0.15, -0.1) is 0 Å². The van der Waals surface area contributed by atoms with Crippen molar-refractivity contribution in [1.29, 1.82) is 0 Å². The molecule has 37 heavy (non-hydrogen) atoms. The second-order valence-corrected chi connectivity index (χ2v) is 12.0. The number of esters is 2. The van der Waals surface area contributed by atoms with Crippen molar-refractivity contribution in [2.24, 2.45) is 34.5 Å². The van der Waals surface area contributed by atoms with Crippen LogP contribution < -0.4 is 0 Å². The molecule has 202 valence electrons. The second kappa shape index (κ2) is 9.05. The van der Waals surface area contributed by atoms with Gasteiger partial charge in [0.1, 0.15) is 12.7 Å². The van der Waals surface area contributed by atoms with E-state index in [4.69, 9.17) is 9.47 Å². The van der Waals surface area contributed by atoms with Crippen LogP contribution in [0.2, 0.25) is 0 Å². The third kappa shape index (κ3) is 3.72. The van der Waals surface area contributed by atoms with Gasteiger partial charge in [0.25, 0.3) is 0 Å². The molecule has 4 aliphatic carbocycles. The van der Waals surface area contributed by atoms with Crippen LogP contribution in [0.5, 0.6) is 0 Å². The molecule has 0 radical (unpaired) electrons. The summed E-state index contributed by atoms with van der Waals surface area (Å²) >= 11 is 0. The van der Waals surface area contributed by atoms with Crippen molar-refractivity contribution >= 4 is 17.7 Å². The minimum atomic E-state index is -2.15. The molecule has 0 amide bonds. The lowest BCUT2D eigenvalue weighted by Gasteiger charge is -2.48. The highest BCUT2D eigenvalue weighted by atomic mass is 16.6. The van der Waals surface area contributed by atoms with Crippen molar-refractivity contribution in [2.45, 2.75) is 79.6 Å². The molecule has 4 rings (SSSR count). The van der Waals surface area contributed by atoms with Gasteiger partial charge in [0.15, 0.2) is 17.5 Å². The van der Waals surface area contributed by atoms with E-state index in [-0.39, 0.29) is 41.1 Å². The number of allylic oxidation sites excluding steroid dienone is 3. The number of fused-ring (bicyclic) bond motifs is 3. The van der Waals surface area contributed by atoms with Crippen molar-refractivity contribution in [3.8, 4) is 0 Å². The van der Waals surface area contributed by atoms with Gasteiger partial charge in [0.05, 0.1) is 5.41 Å². The number of ketones is 1. The predicted molar refractivity (Wildman–Crippen MR) is 138 cm³/mol. The van der Waals surface area contributed by atoms with Crippen LogP contribution in [0.1, 0.15) is 61.8 Å². The number of rotatable bonds is 5. The lowest BCUT2D eigenvalue weighted by Crippen LogP contribution is -2.65. The first-order chi connectivity index (χ1) is 17.2. The summed E-state index contributed by atoms with van der Waals surface area (Å²) in [7, 11) is 0. The Labute approximate surface area is 219 Å². The number of hydrogen-bond acceptors (Lipinski definition) is 7. The molecule has 8 atom stereocenters. The zero-order chi connectivity index (χ0) is 27.7. The summed E-state index contributed by atoms with van der Waals surface area (Å²) in [6.45, 7) is 14.4. The van der Waals surface area contributed by atoms with Gasteiger partial charge in [-0.05, 0) is 75.4 Å². The number of carbonyl (C=O) groups is 3. The number of Topliss-reactive ketones (excluding diaryl/α,β-unsaturated/α-hetero) is 1. The fourth-order valence-corrected chi connectivity index (χ4v) is 7.28. The minimum absolute atomic E-state index is 0.0416. The first kappa shape index (κ1) is 27.5. The van der Waals surface area contributed by atoms with Crippen LogP contribution in [0.15, 0.2) is 46.6 Å². The molecule has 4 aliphatic rings. The van der Waals surface area contributed by atoms with E-state index in [0.717, 1.165) is 0 Å². The average Bonchev–Trinajstić information content (AvgIpc) is 3.35. The fraction of sp³-hybridized carbons (Fsp3) is 0.633. The summed E-state index contributed by atoms with van der Waals surface area (Å²) in [4.78, 5) is 39.8. The van der Waals surface area contributed by atoms with Gasteiger partial charge >= 0.3 is 11.9 Å². The summed E-state index contributed by atoms with van der Waals surface area (Å²) in [5.41, 5.74) is -2.14. The number of carbonyl (C=O) groups excluding carboxylic acids is 3. The van der Waals surface area contributed by atoms with Gasteiger partial charge in [-0.25, -0.2) is 9.59 Å². The summed E-state index contributed by atoms with van der Waals surface area (Å²) < 4.78 is 11.3. The van der Waals surface area contributed by atoms with E-state index in [1.54, 1.807) is 58.9 Å². The number of ether oxygens (including phenoxy) is 2. The molecule has 0 heterocycles. The van der Waals surface area contributed by atoms with Gasteiger partial charge in [-0.1, -0.05) is 45.1 Å². The van der Waals surface area contributed by atoms with Crippen LogP contribution in [-0.2, 0) is 23.9 Å². The maximum Gasteiger partial charge on any atom is 0.334 e. The molecule has 7 heteroatoms. The largest absolute Gasteiger partial charge is 0.458 e. The quantitative estimate of drug-likeness (QED) is 0.327. The molecule has 2 fully saturated rings. The van der Waals surface area contributed by atoms with Crippen molar-refractivity contribution in [3.05, 3.63) is 46.6 Å². The molecule has 2 bridgehead atoms. The van der Waals surface area contributed by atoms with E-state index in [1.807, 2.05) is 6.92 Å². The average molecular weight is 513 g/mol. The molecule has 1 unspecified atom stereocenters. The van der Waals surface area contributed by atoms with Crippen molar-refractivity contribution in [1.82, 2.24) is 0 Å². The molecule has 0 aromatic carbocycles. The van der Waals surface area contributed by atoms with Gasteiger partial charge in [0, 0.05) is 17.1 Å². The Balaban J connectivity index is 1.86. The zero-order valence-corrected chi connectivity index (χ0v) is 23.1. The van der Waals surface area contributed by atoms with E-state index in [9.17, 15) is 24.6 Å². The molecule has 0 aromatic rings. The Hall–Kier alpha value is -2.51. The summed E-state index contributed by atoms with van der Waals surface area (Å²) in [6, 6.07) is 0. The predicted octanol–water partition coefficient (Wildman–Crippen LogP) is 3.85. The second-order valence-electron chi connectivity index (χ2n) is 12.0. The van der Waals surface area contributed by atoms with E-state index in [1.165, 1.54) is 0 Å². The van der Waals surface area contributed by atoms with Crippen molar-refractivity contribution < 1.29 is 34.1 Å². The lowest BCUT2D eigenvalue weighted by atomic mass is 9.59. The number of aliphatic hydroxyl groups excluding tert-OH is 1. The first-order valence-corrected chi connectivity index (χ1v) is 13.2. The minimum Gasteiger partial charge on any atom is -0.458 e. The normalized spacial score (nSPS) is 40.4. The van der Waals surface area contributed by atoms with Crippen molar-refractivity contribution in [3.63, 3.8) is 0 Å². The highest BCUT2D eigenvalue weighted by Crippen LogP contribution is 2.71. The van der Waals surface area contributed by atoms with Crippen LogP contribution in [0.4, 0.5) is 0 Å². The smallest absolute Gasteiger partial charge is 0.334 e. The molecule has 1 spiro atoms. The van der Waals surface area contributed by atoms with Gasteiger partial charge < -0.3 is 19.7 Å². The summed E-state index contributed by atoms with van der Waals surface area (Å²) in [6.07, 6.45) is 4.56. The highest BCUT2D eigenvalue weighted by molar-refractivity contribution is 5.96. The first-order valence-electron chi connectivity index (χ1n) is 13.2. The third-order valence-corrected chi connectivity index (χ3v) is 9.82. The summed E-state index contributed by atoms with van der Waals surface area (Å²) in [5.74, 6) is -1.93. The molecule has 7 nitrogen and oxygen atoms in total. The zero-order valence-electron chi connectivity index (χ0n) is 23.1. The maximum absolute atomic E-state index is 14.5. The van der Waals surface area contributed by atoms with Gasteiger partial charge in [-0.2, -0.15) is 0 Å². The monoisotopic (exact) mass is 512 g/mol. The molecule has 2 N–H and O–H groups in total. The maximum atomic E-state index is 14.5. The fourth-order valence-electron chi connectivity index (χ4n) is 7.28. The van der Waals surface area contributed by atoms with Crippen LogP contribution in [0.3, 0.4) is 0 Å². The van der Waals surface area contributed by atoms with E-state index in [2.05, 4.69) is 13.8 Å². The Morgan fingerprint density at radius 3 is 2.32 bits per heavy atom. The van der Waals surface area contributed by atoms with E-state index in [0.29, 0.717) is 23.1 Å². The highest BCUT2D eigenvalue weighted by Gasteiger charge is 2.76. The molecule has 2 saturated carbocycles. The Kier molecular flexibility index (Phi) is 6.73. The molecular weight excluding hydrogens is 472 g/mol. The Morgan fingerprint density at radius 1 is 1.14 bits per heavy atom. The molecule has 0 saturated heterocycles. The number of aliphatic hydroxyl groups is 2. The Bertz CT molecular complexity index is 1150. The lowest BCUT2D eigenvalue weighted by molar-refractivity contribution is -0.201. The standard InChI is InChI=1S/C30H40O7/c1-9-15(3)26(33)36-14-19-12-20-22-21(28(22,7)8)11-18(6)29(24(20)32)13-17(5)25(30(29,35)23(19)31)37-27(34)16(4)10-2/h9-10,12-13,18,20-23,25,31,35H,11,14H2,1-8H3/b15-9-,16-10-/t18-,20+,21-,22?,23-,25+,29+,30+/m1/s1. The molecule has 0 aromatic heterocycles. The Morgan fingerprint density at radius 2 is 1.73 bits per heavy atom. The molecular formula is C30H40O7.